The van der Waals surface area contributed by atoms with Crippen molar-refractivity contribution in [3.05, 3.63) is 81.7 Å². The van der Waals surface area contributed by atoms with E-state index < -0.39 is 10.2 Å². The first kappa shape index (κ1) is 19.8. The number of fused-ring (bicyclic) bond motifs is 1. The van der Waals surface area contributed by atoms with E-state index in [4.69, 9.17) is 0 Å². The van der Waals surface area contributed by atoms with E-state index in [0.29, 0.717) is 34.7 Å². The predicted molar refractivity (Wildman–Crippen MR) is 116 cm³/mol. The molecular weight excluding hydrogens is 404 g/mol. The molecule has 4 rings (SSSR count). The molecule has 2 heterocycles. The van der Waals surface area contributed by atoms with Crippen LogP contribution in [0.15, 0.2) is 71.1 Å². The molecule has 3 aromatic rings. The molecule has 9 heteroatoms. The maximum absolute atomic E-state index is 13.0. The first-order valence-electron chi connectivity index (χ1n) is 9.32. The van der Waals surface area contributed by atoms with Gasteiger partial charge in [0, 0.05) is 25.2 Å². The first-order valence-corrected chi connectivity index (χ1v) is 10.2. The molecule has 1 atom stereocenters. The number of anilines is 1. The number of hydrogen-bond donors (Lipinski definition) is 0. The summed E-state index contributed by atoms with van der Waals surface area (Å²) in [6, 6.07) is 13.1. The van der Waals surface area contributed by atoms with Gasteiger partial charge < -0.3 is 4.90 Å². The zero-order chi connectivity index (χ0) is 21.3. The number of aromatic nitrogens is 2. The zero-order valence-corrected chi connectivity index (χ0v) is 16.7. The average molecular weight is 422 g/mol. The molecule has 152 valence electrons. The molecule has 0 bridgehead atoms. The van der Waals surface area contributed by atoms with Crippen LogP contribution in [0.3, 0.4) is 0 Å². The fourth-order valence-electron chi connectivity index (χ4n) is 3.45. The molecule has 1 aromatic heterocycles. The number of nitro benzene ring substituents is 1. The van der Waals surface area contributed by atoms with E-state index in [2.05, 4.69) is 11.6 Å². The van der Waals surface area contributed by atoms with Gasteiger partial charge in [-0.1, -0.05) is 36.0 Å². The van der Waals surface area contributed by atoms with Gasteiger partial charge in [0.25, 0.3) is 11.2 Å². The number of allylic oxidation sites excluding steroid dienone is 1. The molecular formula is C21H18N4O4S. The number of para-hydroxylation sites is 1. The summed E-state index contributed by atoms with van der Waals surface area (Å²) in [5, 5.41) is 11.6. The van der Waals surface area contributed by atoms with Crippen molar-refractivity contribution in [3.8, 4) is 0 Å². The largest absolute Gasteiger partial charge is 0.311 e. The van der Waals surface area contributed by atoms with E-state index >= 15 is 0 Å². The maximum Gasteiger partial charge on any atom is 0.271 e. The second-order valence-corrected chi connectivity index (χ2v) is 7.95. The molecule has 1 fully saturated rings. The SMILES string of the molecule is C=CCn1c(SC2CCN(c3cccc([N+](=O)[O-])c3)C2=O)nc2ccccc2c1=O. The summed E-state index contributed by atoms with van der Waals surface area (Å²) in [6.07, 6.45) is 2.16. The number of nitro groups is 1. The minimum Gasteiger partial charge on any atom is -0.311 e. The van der Waals surface area contributed by atoms with E-state index in [0.717, 1.165) is 0 Å². The van der Waals surface area contributed by atoms with Gasteiger partial charge in [-0.15, -0.1) is 6.58 Å². The summed E-state index contributed by atoms with van der Waals surface area (Å²) in [6.45, 7) is 4.44. The Kier molecular flexibility index (Phi) is 5.37. The van der Waals surface area contributed by atoms with Crippen LogP contribution in [0.5, 0.6) is 0 Å². The number of rotatable bonds is 6. The quantitative estimate of drug-likeness (QED) is 0.261. The normalized spacial score (nSPS) is 16.2. The Balaban J connectivity index is 1.65. The van der Waals surface area contributed by atoms with Crippen LogP contribution in [0.4, 0.5) is 11.4 Å². The summed E-state index contributed by atoms with van der Waals surface area (Å²) in [7, 11) is 0. The highest BCUT2D eigenvalue weighted by Crippen LogP contribution is 2.33. The van der Waals surface area contributed by atoms with Crippen molar-refractivity contribution in [2.75, 3.05) is 11.4 Å². The van der Waals surface area contributed by atoms with Crippen LogP contribution in [-0.2, 0) is 11.3 Å². The van der Waals surface area contributed by atoms with E-state index in [1.807, 2.05) is 6.07 Å². The van der Waals surface area contributed by atoms with E-state index in [9.17, 15) is 19.7 Å². The molecule has 0 aliphatic carbocycles. The molecule has 30 heavy (non-hydrogen) atoms. The van der Waals surface area contributed by atoms with Crippen molar-refractivity contribution in [2.24, 2.45) is 0 Å². The van der Waals surface area contributed by atoms with Gasteiger partial charge in [0.15, 0.2) is 5.16 Å². The number of amides is 1. The molecule has 0 spiro atoms. The number of thioether (sulfide) groups is 1. The van der Waals surface area contributed by atoms with Gasteiger partial charge in [-0.2, -0.15) is 0 Å². The number of carbonyl (C=O) groups excluding carboxylic acids is 1. The lowest BCUT2D eigenvalue weighted by Crippen LogP contribution is -2.29. The van der Waals surface area contributed by atoms with Crippen molar-refractivity contribution in [1.82, 2.24) is 9.55 Å². The number of benzene rings is 2. The number of non-ortho nitro benzene ring substituents is 1. The van der Waals surface area contributed by atoms with Crippen LogP contribution in [0.25, 0.3) is 10.9 Å². The van der Waals surface area contributed by atoms with Gasteiger partial charge in [-0.05, 0) is 24.6 Å². The van der Waals surface area contributed by atoms with E-state index in [1.54, 1.807) is 41.3 Å². The molecule has 1 amide bonds. The predicted octanol–water partition coefficient (Wildman–Crippen LogP) is 3.39. The van der Waals surface area contributed by atoms with E-state index in [1.165, 1.54) is 28.5 Å². The molecule has 0 N–H and O–H groups in total. The molecule has 8 nitrogen and oxygen atoms in total. The van der Waals surface area contributed by atoms with Gasteiger partial charge in [0.05, 0.1) is 26.8 Å². The van der Waals surface area contributed by atoms with Crippen LogP contribution in [0, 0.1) is 10.1 Å². The zero-order valence-electron chi connectivity index (χ0n) is 15.9. The Morgan fingerprint density at radius 2 is 2.03 bits per heavy atom. The van der Waals surface area contributed by atoms with Crippen LogP contribution in [-0.4, -0.2) is 32.2 Å². The highest BCUT2D eigenvalue weighted by molar-refractivity contribution is 8.00. The average Bonchev–Trinajstić information content (AvgIpc) is 3.11. The third kappa shape index (κ3) is 3.59. The fraction of sp³-hybridized carbons (Fsp3) is 0.190. The minimum atomic E-state index is -0.483. The van der Waals surface area contributed by atoms with Crippen LogP contribution in [0.2, 0.25) is 0 Å². The summed E-state index contributed by atoms with van der Waals surface area (Å²) in [4.78, 5) is 42.6. The smallest absolute Gasteiger partial charge is 0.271 e. The van der Waals surface area contributed by atoms with Crippen molar-refractivity contribution in [2.45, 2.75) is 23.4 Å². The Morgan fingerprint density at radius 3 is 2.80 bits per heavy atom. The molecule has 1 aliphatic heterocycles. The Labute approximate surface area is 176 Å². The van der Waals surface area contributed by atoms with Gasteiger partial charge in [0.1, 0.15) is 0 Å². The van der Waals surface area contributed by atoms with Crippen LogP contribution in [0.1, 0.15) is 6.42 Å². The fourth-order valence-corrected chi connectivity index (χ4v) is 4.59. The molecule has 0 saturated carbocycles. The number of carbonyl (C=O) groups is 1. The van der Waals surface area contributed by atoms with Gasteiger partial charge in [-0.3, -0.25) is 24.3 Å². The molecule has 1 aliphatic rings. The summed E-state index contributed by atoms with van der Waals surface area (Å²) in [5.41, 5.74) is 0.829. The lowest BCUT2D eigenvalue weighted by atomic mass is 10.2. The molecule has 2 aromatic carbocycles. The summed E-state index contributed by atoms with van der Waals surface area (Å²) in [5.74, 6) is -0.159. The van der Waals surface area contributed by atoms with Gasteiger partial charge >= 0.3 is 0 Å². The highest BCUT2D eigenvalue weighted by Gasteiger charge is 2.35. The van der Waals surface area contributed by atoms with Crippen LogP contribution >= 0.6 is 11.8 Å². The summed E-state index contributed by atoms with van der Waals surface area (Å²) >= 11 is 1.24. The van der Waals surface area contributed by atoms with Crippen molar-refractivity contribution < 1.29 is 9.72 Å². The van der Waals surface area contributed by atoms with Crippen molar-refractivity contribution >= 4 is 39.9 Å². The van der Waals surface area contributed by atoms with Crippen LogP contribution < -0.4 is 10.5 Å². The third-order valence-electron chi connectivity index (χ3n) is 4.89. The Morgan fingerprint density at radius 1 is 1.23 bits per heavy atom. The lowest BCUT2D eigenvalue weighted by molar-refractivity contribution is -0.384. The first-order chi connectivity index (χ1) is 14.5. The Bertz CT molecular complexity index is 1220. The number of hydrogen-bond acceptors (Lipinski definition) is 6. The minimum absolute atomic E-state index is 0.0626. The number of nitrogens with zero attached hydrogens (tertiary/aromatic N) is 4. The Hall–Kier alpha value is -3.46. The van der Waals surface area contributed by atoms with Crippen molar-refractivity contribution in [3.63, 3.8) is 0 Å². The standard InChI is InChI=1S/C21H18N4O4S/c1-2-11-24-19(26)16-8-3-4-9-17(16)22-21(24)30-18-10-12-23(20(18)27)14-6-5-7-15(13-14)25(28)29/h2-9,13,18H,1,10-12H2. The topological polar surface area (TPSA) is 98.3 Å². The van der Waals surface area contributed by atoms with Crippen molar-refractivity contribution in [1.29, 1.82) is 0 Å². The molecule has 0 radical (unpaired) electrons. The maximum atomic E-state index is 13.0. The van der Waals surface area contributed by atoms with Gasteiger partial charge in [-0.25, -0.2) is 4.98 Å². The molecule has 1 saturated heterocycles. The second kappa shape index (κ2) is 8.11. The van der Waals surface area contributed by atoms with E-state index in [-0.39, 0.29) is 23.7 Å². The molecule has 1 unspecified atom stereocenters. The second-order valence-electron chi connectivity index (χ2n) is 6.78. The monoisotopic (exact) mass is 422 g/mol. The summed E-state index contributed by atoms with van der Waals surface area (Å²) < 4.78 is 1.52. The van der Waals surface area contributed by atoms with Gasteiger partial charge in [0.2, 0.25) is 5.91 Å². The lowest BCUT2D eigenvalue weighted by Gasteiger charge is -2.17. The third-order valence-corrected chi connectivity index (χ3v) is 6.14. The highest BCUT2D eigenvalue weighted by atomic mass is 32.2.